The largest absolute Gasteiger partial charge is 0.388 e. The van der Waals surface area contributed by atoms with Crippen LogP contribution in [-0.2, 0) is 6.42 Å². The van der Waals surface area contributed by atoms with Crippen LogP contribution in [0.3, 0.4) is 0 Å². The Kier molecular flexibility index (Phi) is 5.67. The van der Waals surface area contributed by atoms with Crippen LogP contribution in [0.25, 0.3) is 0 Å². The van der Waals surface area contributed by atoms with E-state index >= 15 is 0 Å². The Bertz CT molecular complexity index is 341. The van der Waals surface area contributed by atoms with Crippen LogP contribution >= 0.6 is 0 Å². The van der Waals surface area contributed by atoms with Gasteiger partial charge in [-0.15, -0.1) is 0 Å². The summed E-state index contributed by atoms with van der Waals surface area (Å²) in [6.45, 7) is 8.74. The second-order valence-electron chi connectivity index (χ2n) is 5.67. The van der Waals surface area contributed by atoms with Gasteiger partial charge in [-0.05, 0) is 43.4 Å². The standard InChI is InChI=1S/C16H27NO/c1-5-6-7-14-8-10-15(11-9-14)17-12-16(4,18)13(2)3/h8-11,13,17-18H,5-7,12H2,1-4H3. The van der Waals surface area contributed by atoms with Crippen molar-refractivity contribution in [1.82, 2.24) is 0 Å². The number of rotatable bonds is 7. The average molecular weight is 249 g/mol. The summed E-state index contributed by atoms with van der Waals surface area (Å²) in [7, 11) is 0. The third-order valence-corrected chi connectivity index (χ3v) is 3.67. The molecule has 1 aromatic rings. The predicted octanol–water partition coefficient (Wildman–Crippen LogP) is 3.85. The van der Waals surface area contributed by atoms with Crippen molar-refractivity contribution in [2.75, 3.05) is 11.9 Å². The molecule has 0 saturated heterocycles. The van der Waals surface area contributed by atoms with Gasteiger partial charge < -0.3 is 10.4 Å². The monoisotopic (exact) mass is 249 g/mol. The minimum atomic E-state index is -0.666. The molecule has 0 radical (unpaired) electrons. The summed E-state index contributed by atoms with van der Waals surface area (Å²) in [6, 6.07) is 8.53. The van der Waals surface area contributed by atoms with Gasteiger partial charge in [-0.2, -0.15) is 0 Å². The third-order valence-electron chi connectivity index (χ3n) is 3.67. The molecule has 2 heteroatoms. The van der Waals surface area contributed by atoms with Crippen molar-refractivity contribution < 1.29 is 5.11 Å². The van der Waals surface area contributed by atoms with Crippen molar-refractivity contribution >= 4 is 5.69 Å². The summed E-state index contributed by atoms with van der Waals surface area (Å²) in [5.74, 6) is 0.244. The zero-order chi connectivity index (χ0) is 13.6. The number of hydrogen-bond donors (Lipinski definition) is 2. The molecule has 0 saturated carbocycles. The van der Waals surface area contributed by atoms with E-state index in [1.807, 2.05) is 20.8 Å². The molecule has 102 valence electrons. The van der Waals surface area contributed by atoms with Crippen molar-refractivity contribution in [3.63, 3.8) is 0 Å². The highest BCUT2D eigenvalue weighted by Crippen LogP contribution is 2.18. The molecule has 1 rings (SSSR count). The Morgan fingerprint density at radius 1 is 1.22 bits per heavy atom. The Balaban J connectivity index is 2.49. The maximum Gasteiger partial charge on any atom is 0.0813 e. The summed E-state index contributed by atoms with van der Waals surface area (Å²) < 4.78 is 0. The smallest absolute Gasteiger partial charge is 0.0813 e. The first kappa shape index (κ1) is 15.0. The molecule has 0 aliphatic carbocycles. The van der Waals surface area contributed by atoms with Gasteiger partial charge in [-0.1, -0.05) is 39.3 Å². The van der Waals surface area contributed by atoms with Crippen molar-refractivity contribution in [2.24, 2.45) is 5.92 Å². The zero-order valence-electron chi connectivity index (χ0n) is 12.2. The molecular weight excluding hydrogens is 222 g/mol. The first-order chi connectivity index (χ1) is 8.45. The van der Waals surface area contributed by atoms with Crippen molar-refractivity contribution in [3.05, 3.63) is 29.8 Å². The topological polar surface area (TPSA) is 32.3 Å². The van der Waals surface area contributed by atoms with Crippen LogP contribution in [0.2, 0.25) is 0 Å². The molecule has 2 nitrogen and oxygen atoms in total. The molecule has 0 aromatic heterocycles. The average Bonchev–Trinajstić information content (AvgIpc) is 2.35. The second kappa shape index (κ2) is 6.79. The van der Waals surface area contributed by atoms with Crippen LogP contribution in [0.1, 0.15) is 46.1 Å². The van der Waals surface area contributed by atoms with E-state index < -0.39 is 5.60 Å². The van der Waals surface area contributed by atoms with E-state index in [1.54, 1.807) is 0 Å². The van der Waals surface area contributed by atoms with E-state index in [2.05, 4.69) is 36.5 Å². The lowest BCUT2D eigenvalue weighted by Crippen LogP contribution is -2.38. The van der Waals surface area contributed by atoms with Gasteiger partial charge in [0.1, 0.15) is 0 Å². The molecule has 0 bridgehead atoms. The molecule has 0 heterocycles. The molecule has 18 heavy (non-hydrogen) atoms. The van der Waals surface area contributed by atoms with E-state index in [9.17, 15) is 5.11 Å². The van der Waals surface area contributed by atoms with Gasteiger partial charge >= 0.3 is 0 Å². The lowest BCUT2D eigenvalue weighted by atomic mass is 9.92. The number of benzene rings is 1. The van der Waals surface area contributed by atoms with E-state index in [1.165, 1.54) is 18.4 Å². The molecule has 0 aliphatic rings. The maximum atomic E-state index is 10.2. The van der Waals surface area contributed by atoms with Crippen molar-refractivity contribution in [2.45, 2.75) is 52.6 Å². The summed E-state index contributed by atoms with van der Waals surface area (Å²) in [5.41, 5.74) is 1.80. The van der Waals surface area contributed by atoms with Crippen LogP contribution in [-0.4, -0.2) is 17.3 Å². The van der Waals surface area contributed by atoms with Crippen LogP contribution in [0, 0.1) is 5.92 Å². The quantitative estimate of drug-likeness (QED) is 0.769. The van der Waals surface area contributed by atoms with Gasteiger partial charge in [0.15, 0.2) is 0 Å². The first-order valence-corrected chi connectivity index (χ1v) is 7.01. The normalized spacial score (nSPS) is 14.6. The highest BCUT2D eigenvalue weighted by molar-refractivity contribution is 5.44. The zero-order valence-corrected chi connectivity index (χ0v) is 12.2. The van der Waals surface area contributed by atoms with Crippen LogP contribution in [0.15, 0.2) is 24.3 Å². The fourth-order valence-corrected chi connectivity index (χ4v) is 1.66. The lowest BCUT2D eigenvalue weighted by molar-refractivity contribution is 0.0266. The first-order valence-electron chi connectivity index (χ1n) is 7.01. The summed E-state index contributed by atoms with van der Waals surface area (Å²) in [6.07, 6.45) is 3.63. The molecular formula is C16H27NO. The summed E-state index contributed by atoms with van der Waals surface area (Å²) in [4.78, 5) is 0. The Hall–Kier alpha value is -1.02. The van der Waals surface area contributed by atoms with Gasteiger partial charge in [0, 0.05) is 12.2 Å². The molecule has 0 aliphatic heterocycles. The van der Waals surface area contributed by atoms with Gasteiger partial charge in [0.25, 0.3) is 0 Å². The number of nitrogens with one attached hydrogen (secondary N) is 1. The van der Waals surface area contributed by atoms with Gasteiger partial charge in [-0.3, -0.25) is 0 Å². The van der Waals surface area contributed by atoms with Crippen LogP contribution < -0.4 is 5.32 Å². The van der Waals surface area contributed by atoms with Crippen LogP contribution in [0.4, 0.5) is 5.69 Å². The molecule has 0 spiro atoms. The van der Waals surface area contributed by atoms with E-state index in [0.29, 0.717) is 6.54 Å². The predicted molar refractivity (Wildman–Crippen MR) is 79.0 cm³/mol. The van der Waals surface area contributed by atoms with Gasteiger partial charge in [-0.25, -0.2) is 0 Å². The number of aryl methyl sites for hydroxylation is 1. The van der Waals surface area contributed by atoms with E-state index in [0.717, 1.165) is 12.1 Å². The molecule has 1 unspecified atom stereocenters. The number of hydrogen-bond acceptors (Lipinski definition) is 2. The Morgan fingerprint density at radius 2 is 1.83 bits per heavy atom. The highest BCUT2D eigenvalue weighted by Gasteiger charge is 2.24. The lowest BCUT2D eigenvalue weighted by Gasteiger charge is -2.28. The van der Waals surface area contributed by atoms with Gasteiger partial charge in [0.05, 0.1) is 5.60 Å². The van der Waals surface area contributed by atoms with Crippen molar-refractivity contribution in [1.29, 1.82) is 0 Å². The van der Waals surface area contributed by atoms with Crippen LogP contribution in [0.5, 0.6) is 0 Å². The fraction of sp³-hybridized carbons (Fsp3) is 0.625. The number of aliphatic hydroxyl groups is 1. The molecule has 1 atom stereocenters. The van der Waals surface area contributed by atoms with E-state index in [4.69, 9.17) is 0 Å². The summed E-state index contributed by atoms with van der Waals surface area (Å²) >= 11 is 0. The second-order valence-corrected chi connectivity index (χ2v) is 5.67. The van der Waals surface area contributed by atoms with E-state index in [-0.39, 0.29) is 5.92 Å². The number of anilines is 1. The van der Waals surface area contributed by atoms with Gasteiger partial charge in [0.2, 0.25) is 0 Å². The maximum absolute atomic E-state index is 10.2. The Morgan fingerprint density at radius 3 is 2.33 bits per heavy atom. The fourth-order valence-electron chi connectivity index (χ4n) is 1.66. The molecule has 2 N–H and O–H groups in total. The third kappa shape index (κ3) is 4.69. The minimum Gasteiger partial charge on any atom is -0.388 e. The molecule has 0 amide bonds. The SMILES string of the molecule is CCCCc1ccc(NCC(C)(O)C(C)C)cc1. The highest BCUT2D eigenvalue weighted by atomic mass is 16.3. The Labute approximate surface area is 111 Å². The minimum absolute atomic E-state index is 0.244. The number of unbranched alkanes of at least 4 members (excludes halogenated alkanes) is 1. The summed E-state index contributed by atoms with van der Waals surface area (Å²) in [5, 5.41) is 13.5. The molecule has 1 aromatic carbocycles. The molecule has 0 fully saturated rings. The van der Waals surface area contributed by atoms with Crippen molar-refractivity contribution in [3.8, 4) is 0 Å².